The standard InChI is InChI=1S/C22H25N3O3/c1-27-19-10-9-15(12-20(19)28-2)22(26)16-6-5-11-25(13-16)14-21-23-17-7-3-4-8-18(17)24-21/h3-4,7-10,12,16H,5-6,11,13-14H2,1-2H3,(H,23,24)/t16-/m1/s1. The second kappa shape index (κ2) is 8.02. The van der Waals surface area contributed by atoms with Gasteiger partial charge < -0.3 is 14.5 Å². The van der Waals surface area contributed by atoms with Crippen molar-refractivity contribution in [3.8, 4) is 11.5 Å². The molecule has 146 valence electrons. The zero-order valence-electron chi connectivity index (χ0n) is 16.3. The molecule has 0 aliphatic carbocycles. The van der Waals surface area contributed by atoms with E-state index in [1.54, 1.807) is 26.4 Å². The van der Waals surface area contributed by atoms with Gasteiger partial charge in [-0.15, -0.1) is 0 Å². The van der Waals surface area contributed by atoms with E-state index in [2.05, 4.69) is 14.9 Å². The van der Waals surface area contributed by atoms with Crippen molar-refractivity contribution in [2.45, 2.75) is 19.4 Å². The van der Waals surface area contributed by atoms with E-state index in [0.29, 0.717) is 17.1 Å². The topological polar surface area (TPSA) is 67.5 Å². The zero-order valence-corrected chi connectivity index (χ0v) is 16.3. The van der Waals surface area contributed by atoms with Crippen molar-refractivity contribution in [3.05, 3.63) is 53.9 Å². The van der Waals surface area contributed by atoms with Gasteiger partial charge in [0, 0.05) is 18.0 Å². The van der Waals surface area contributed by atoms with Crippen molar-refractivity contribution in [2.24, 2.45) is 5.92 Å². The van der Waals surface area contributed by atoms with E-state index in [9.17, 15) is 4.79 Å². The third-order valence-corrected chi connectivity index (χ3v) is 5.36. The number of piperidine rings is 1. The Morgan fingerprint density at radius 2 is 2.00 bits per heavy atom. The monoisotopic (exact) mass is 379 g/mol. The highest BCUT2D eigenvalue weighted by molar-refractivity contribution is 5.98. The summed E-state index contributed by atoms with van der Waals surface area (Å²) < 4.78 is 10.6. The average Bonchev–Trinajstić information content (AvgIpc) is 3.15. The maximum atomic E-state index is 13.1. The lowest BCUT2D eigenvalue weighted by Crippen LogP contribution is -2.38. The molecule has 28 heavy (non-hydrogen) atoms. The van der Waals surface area contributed by atoms with Crippen molar-refractivity contribution < 1.29 is 14.3 Å². The summed E-state index contributed by atoms with van der Waals surface area (Å²) in [6.45, 7) is 2.45. The molecule has 4 rings (SSSR count). The van der Waals surface area contributed by atoms with Crippen LogP contribution in [0.15, 0.2) is 42.5 Å². The van der Waals surface area contributed by atoms with Crippen LogP contribution < -0.4 is 9.47 Å². The predicted octanol–water partition coefficient (Wildman–Crippen LogP) is 3.68. The zero-order chi connectivity index (χ0) is 19.5. The van der Waals surface area contributed by atoms with Gasteiger partial charge in [0.2, 0.25) is 0 Å². The summed E-state index contributed by atoms with van der Waals surface area (Å²) in [6.07, 6.45) is 1.91. The molecule has 0 amide bonds. The number of hydrogen-bond acceptors (Lipinski definition) is 5. The van der Waals surface area contributed by atoms with Crippen molar-refractivity contribution in [3.63, 3.8) is 0 Å². The Balaban J connectivity index is 1.46. The van der Waals surface area contributed by atoms with Crippen LogP contribution in [0.4, 0.5) is 0 Å². The molecule has 0 unspecified atom stereocenters. The number of ketones is 1. The Kier molecular flexibility index (Phi) is 5.30. The number of aromatic amines is 1. The molecule has 1 atom stereocenters. The minimum atomic E-state index is -0.0174. The van der Waals surface area contributed by atoms with Gasteiger partial charge in [-0.3, -0.25) is 9.69 Å². The van der Waals surface area contributed by atoms with Gasteiger partial charge in [-0.2, -0.15) is 0 Å². The minimum Gasteiger partial charge on any atom is -0.493 e. The van der Waals surface area contributed by atoms with E-state index in [1.165, 1.54) is 0 Å². The molecule has 6 nitrogen and oxygen atoms in total. The number of likely N-dealkylation sites (tertiary alicyclic amines) is 1. The lowest BCUT2D eigenvalue weighted by atomic mass is 9.90. The van der Waals surface area contributed by atoms with Crippen LogP contribution in [0.5, 0.6) is 11.5 Å². The van der Waals surface area contributed by atoms with Crippen molar-refractivity contribution in [1.29, 1.82) is 0 Å². The largest absolute Gasteiger partial charge is 0.493 e. The molecule has 3 aromatic rings. The number of aromatic nitrogens is 2. The van der Waals surface area contributed by atoms with Crippen LogP contribution in [0, 0.1) is 5.92 Å². The second-order valence-corrected chi connectivity index (χ2v) is 7.21. The van der Waals surface area contributed by atoms with Gasteiger partial charge >= 0.3 is 0 Å². The first-order valence-electron chi connectivity index (χ1n) is 9.60. The number of nitrogens with zero attached hydrogens (tertiary/aromatic N) is 2. The molecule has 0 saturated carbocycles. The number of nitrogens with one attached hydrogen (secondary N) is 1. The average molecular weight is 379 g/mol. The molecule has 0 spiro atoms. The highest BCUT2D eigenvalue weighted by Gasteiger charge is 2.27. The van der Waals surface area contributed by atoms with E-state index < -0.39 is 0 Å². The van der Waals surface area contributed by atoms with Crippen LogP contribution in [0.25, 0.3) is 11.0 Å². The fraction of sp³-hybridized carbons (Fsp3) is 0.364. The number of H-pyrrole nitrogens is 1. The number of imidazole rings is 1. The van der Waals surface area contributed by atoms with Crippen molar-refractivity contribution in [2.75, 3.05) is 27.3 Å². The molecule has 1 aliphatic rings. The number of ether oxygens (including phenoxy) is 2. The highest BCUT2D eigenvalue weighted by atomic mass is 16.5. The Labute approximate surface area is 164 Å². The molecule has 2 heterocycles. The molecule has 6 heteroatoms. The molecule has 1 N–H and O–H groups in total. The maximum absolute atomic E-state index is 13.1. The molecule has 1 saturated heterocycles. The van der Waals surface area contributed by atoms with Gasteiger partial charge in [0.25, 0.3) is 0 Å². The number of hydrogen-bond donors (Lipinski definition) is 1. The number of methoxy groups -OCH3 is 2. The molecular weight excluding hydrogens is 354 g/mol. The van der Waals surface area contributed by atoms with Gasteiger partial charge in [0.15, 0.2) is 17.3 Å². The Morgan fingerprint density at radius 3 is 2.79 bits per heavy atom. The smallest absolute Gasteiger partial charge is 0.167 e. The Hall–Kier alpha value is -2.86. The number of carbonyl (C=O) groups excluding carboxylic acids is 1. The first-order chi connectivity index (χ1) is 13.7. The highest BCUT2D eigenvalue weighted by Crippen LogP contribution is 2.30. The number of rotatable bonds is 6. The molecule has 1 aliphatic heterocycles. The van der Waals surface area contributed by atoms with E-state index >= 15 is 0 Å². The predicted molar refractivity (Wildman–Crippen MR) is 108 cm³/mol. The normalized spacial score (nSPS) is 17.6. The summed E-state index contributed by atoms with van der Waals surface area (Å²) in [5.41, 5.74) is 2.70. The SMILES string of the molecule is COc1ccc(C(=O)[C@@H]2CCCN(Cc3nc4ccccc4[nH]3)C2)cc1OC. The fourth-order valence-electron chi connectivity index (χ4n) is 3.93. The van der Waals surface area contributed by atoms with Crippen LogP contribution in [0.3, 0.4) is 0 Å². The van der Waals surface area contributed by atoms with E-state index in [0.717, 1.165) is 49.3 Å². The third kappa shape index (κ3) is 3.73. The molecule has 0 bridgehead atoms. The third-order valence-electron chi connectivity index (χ3n) is 5.36. The number of Topliss-reactive ketones (excluding diaryl/α,β-unsaturated/α-hetero) is 1. The van der Waals surface area contributed by atoms with Crippen LogP contribution in [-0.4, -0.2) is 48.0 Å². The van der Waals surface area contributed by atoms with Gasteiger partial charge in [-0.25, -0.2) is 4.98 Å². The Bertz CT molecular complexity index is 949. The minimum absolute atomic E-state index is 0.0174. The first kappa shape index (κ1) is 18.5. The quantitative estimate of drug-likeness (QED) is 0.662. The molecule has 1 fully saturated rings. The lowest BCUT2D eigenvalue weighted by molar-refractivity contribution is 0.0808. The van der Waals surface area contributed by atoms with Crippen LogP contribution in [-0.2, 0) is 6.54 Å². The number of benzene rings is 2. The summed E-state index contributed by atoms with van der Waals surface area (Å²) in [4.78, 5) is 23.4. The lowest BCUT2D eigenvalue weighted by Gasteiger charge is -2.31. The maximum Gasteiger partial charge on any atom is 0.167 e. The van der Waals surface area contributed by atoms with Gasteiger partial charge in [-0.1, -0.05) is 12.1 Å². The van der Waals surface area contributed by atoms with E-state index in [-0.39, 0.29) is 11.7 Å². The van der Waals surface area contributed by atoms with Gasteiger partial charge in [0.1, 0.15) is 5.82 Å². The Morgan fingerprint density at radius 1 is 1.18 bits per heavy atom. The van der Waals surface area contributed by atoms with Gasteiger partial charge in [0.05, 0.1) is 31.8 Å². The summed E-state index contributed by atoms with van der Waals surface area (Å²) >= 11 is 0. The molecule has 0 radical (unpaired) electrons. The molecule has 1 aromatic heterocycles. The van der Waals surface area contributed by atoms with Crippen LogP contribution in [0.2, 0.25) is 0 Å². The molecule has 2 aromatic carbocycles. The van der Waals surface area contributed by atoms with Gasteiger partial charge in [-0.05, 0) is 49.7 Å². The summed E-state index contributed by atoms with van der Waals surface area (Å²) in [7, 11) is 3.18. The fourth-order valence-corrected chi connectivity index (χ4v) is 3.93. The number of fused-ring (bicyclic) bond motifs is 1. The molecular formula is C22H25N3O3. The van der Waals surface area contributed by atoms with Crippen molar-refractivity contribution >= 4 is 16.8 Å². The second-order valence-electron chi connectivity index (χ2n) is 7.21. The number of para-hydroxylation sites is 2. The first-order valence-corrected chi connectivity index (χ1v) is 9.60. The van der Waals surface area contributed by atoms with Crippen molar-refractivity contribution in [1.82, 2.24) is 14.9 Å². The summed E-state index contributed by atoms with van der Waals surface area (Å²) in [6, 6.07) is 13.4. The van der Waals surface area contributed by atoms with Crippen LogP contribution >= 0.6 is 0 Å². The van der Waals surface area contributed by atoms with E-state index in [1.807, 2.05) is 30.3 Å². The van der Waals surface area contributed by atoms with Crippen LogP contribution in [0.1, 0.15) is 29.0 Å². The number of carbonyl (C=O) groups is 1. The summed E-state index contributed by atoms with van der Waals surface area (Å²) in [5.74, 6) is 2.31. The van der Waals surface area contributed by atoms with E-state index in [4.69, 9.17) is 9.47 Å². The summed E-state index contributed by atoms with van der Waals surface area (Å²) in [5, 5.41) is 0.